The van der Waals surface area contributed by atoms with E-state index in [1.165, 1.54) is 0 Å². The number of hydrogen-bond acceptors (Lipinski definition) is 4. The Kier molecular flexibility index (Phi) is 7.62. The maximum absolute atomic E-state index is 12.5. The Bertz CT molecular complexity index is 458. The topological polar surface area (TPSA) is 73.4 Å². The predicted octanol–water partition coefficient (Wildman–Crippen LogP) is 1.08. The summed E-state index contributed by atoms with van der Waals surface area (Å²) in [5.41, 5.74) is 5.90. The second-order valence-corrected chi connectivity index (χ2v) is 5.78. The smallest absolute Gasteiger partial charge is 0.225 e. The summed E-state index contributed by atoms with van der Waals surface area (Å²) >= 11 is 0. The van der Waals surface area contributed by atoms with Gasteiger partial charge in [0.15, 0.2) is 0 Å². The van der Waals surface area contributed by atoms with Crippen LogP contribution in [0.2, 0.25) is 0 Å². The third-order valence-electron chi connectivity index (χ3n) is 4.22. The standard InChI is InChI=1S/C14H22N4O2.2ClH/c15-12-3-2-11(8-12)14(19)17-6-7-20-13(9-17)10-18-5-1-4-16-18;;/h1,4-5,11-13H,2-3,6-10,15H2;2*1H. The Balaban J connectivity index is 0.00000121. The zero-order valence-corrected chi connectivity index (χ0v) is 14.1. The van der Waals surface area contributed by atoms with Crippen LogP contribution in [0, 0.1) is 5.92 Å². The van der Waals surface area contributed by atoms with E-state index >= 15 is 0 Å². The van der Waals surface area contributed by atoms with Gasteiger partial charge >= 0.3 is 0 Å². The molecule has 1 aromatic heterocycles. The second-order valence-electron chi connectivity index (χ2n) is 5.78. The molecule has 3 rings (SSSR count). The predicted molar refractivity (Wildman–Crippen MR) is 88.4 cm³/mol. The van der Waals surface area contributed by atoms with E-state index in [1.54, 1.807) is 6.20 Å². The van der Waals surface area contributed by atoms with Crippen molar-refractivity contribution < 1.29 is 9.53 Å². The summed E-state index contributed by atoms with van der Waals surface area (Å²) in [5.74, 6) is 0.375. The molecule has 8 heteroatoms. The number of carbonyl (C=O) groups excluding carboxylic acids is 1. The van der Waals surface area contributed by atoms with Gasteiger partial charge in [0.25, 0.3) is 0 Å². The minimum atomic E-state index is 0. The first-order valence-electron chi connectivity index (χ1n) is 7.36. The molecular weight excluding hydrogens is 327 g/mol. The summed E-state index contributed by atoms with van der Waals surface area (Å²) in [6.07, 6.45) is 6.44. The molecule has 0 bridgehead atoms. The van der Waals surface area contributed by atoms with Crippen molar-refractivity contribution in [3.05, 3.63) is 18.5 Å². The number of aromatic nitrogens is 2. The van der Waals surface area contributed by atoms with Gasteiger partial charge in [0.05, 0.1) is 19.3 Å². The zero-order valence-electron chi connectivity index (χ0n) is 12.5. The molecule has 1 amide bonds. The summed E-state index contributed by atoms with van der Waals surface area (Å²) in [6, 6.07) is 2.09. The van der Waals surface area contributed by atoms with E-state index in [2.05, 4.69) is 5.10 Å². The Morgan fingerprint density at radius 1 is 1.36 bits per heavy atom. The molecule has 126 valence electrons. The van der Waals surface area contributed by atoms with Crippen molar-refractivity contribution in [3.8, 4) is 0 Å². The van der Waals surface area contributed by atoms with E-state index in [-0.39, 0.29) is 48.8 Å². The molecule has 6 nitrogen and oxygen atoms in total. The van der Waals surface area contributed by atoms with Crippen LogP contribution >= 0.6 is 24.8 Å². The molecule has 2 N–H and O–H groups in total. The summed E-state index contributed by atoms with van der Waals surface area (Å²) in [6.45, 7) is 2.65. The van der Waals surface area contributed by atoms with E-state index in [0.717, 1.165) is 19.3 Å². The van der Waals surface area contributed by atoms with Crippen molar-refractivity contribution >= 4 is 30.7 Å². The number of halogens is 2. The minimum Gasteiger partial charge on any atom is -0.373 e. The molecule has 0 aromatic carbocycles. The molecule has 1 aliphatic carbocycles. The molecule has 1 saturated heterocycles. The summed E-state index contributed by atoms with van der Waals surface area (Å²) in [4.78, 5) is 14.4. The number of hydrogen-bond donors (Lipinski definition) is 1. The second kappa shape index (κ2) is 8.72. The third kappa shape index (κ3) is 4.59. The van der Waals surface area contributed by atoms with E-state index in [4.69, 9.17) is 10.5 Å². The van der Waals surface area contributed by atoms with E-state index in [9.17, 15) is 4.79 Å². The molecule has 2 fully saturated rings. The molecule has 1 aliphatic heterocycles. The highest BCUT2D eigenvalue weighted by molar-refractivity contribution is 5.85. The molecule has 3 unspecified atom stereocenters. The molecule has 1 saturated carbocycles. The Hall–Kier alpha value is -0.820. The number of morpholine rings is 1. The Labute approximate surface area is 143 Å². The van der Waals surface area contributed by atoms with E-state index in [1.807, 2.05) is 21.8 Å². The van der Waals surface area contributed by atoms with Crippen LogP contribution in [0.4, 0.5) is 0 Å². The number of carbonyl (C=O) groups is 1. The molecule has 3 atom stereocenters. The fourth-order valence-electron chi connectivity index (χ4n) is 3.15. The summed E-state index contributed by atoms with van der Waals surface area (Å²) in [7, 11) is 0. The van der Waals surface area contributed by atoms with Crippen LogP contribution in [0.25, 0.3) is 0 Å². The molecule has 2 heterocycles. The van der Waals surface area contributed by atoms with Crippen LogP contribution in [0.5, 0.6) is 0 Å². The number of nitrogens with two attached hydrogens (primary N) is 1. The highest BCUT2D eigenvalue weighted by Crippen LogP contribution is 2.26. The molecule has 1 aromatic rings. The Morgan fingerprint density at radius 3 is 2.82 bits per heavy atom. The molecule has 22 heavy (non-hydrogen) atoms. The number of nitrogens with zero attached hydrogens (tertiary/aromatic N) is 3. The van der Waals surface area contributed by atoms with Crippen molar-refractivity contribution in [2.24, 2.45) is 11.7 Å². The highest BCUT2D eigenvalue weighted by atomic mass is 35.5. The van der Waals surface area contributed by atoms with Crippen LogP contribution in [-0.2, 0) is 16.1 Å². The first-order valence-corrected chi connectivity index (χ1v) is 7.36. The van der Waals surface area contributed by atoms with Gasteiger partial charge in [-0.25, -0.2) is 0 Å². The van der Waals surface area contributed by atoms with Crippen molar-refractivity contribution in [2.75, 3.05) is 19.7 Å². The maximum atomic E-state index is 12.5. The van der Waals surface area contributed by atoms with Gasteiger partial charge in [0.1, 0.15) is 0 Å². The highest BCUT2D eigenvalue weighted by Gasteiger charge is 2.33. The quantitative estimate of drug-likeness (QED) is 0.885. The average Bonchev–Trinajstić information content (AvgIpc) is 3.10. The normalized spacial score (nSPS) is 27.9. The average molecular weight is 351 g/mol. The SMILES string of the molecule is Cl.Cl.NC1CCC(C(=O)N2CCOC(Cn3cccn3)C2)C1. The molecule has 2 aliphatic rings. The van der Waals surface area contributed by atoms with Gasteiger partial charge in [-0.05, 0) is 25.3 Å². The summed E-state index contributed by atoms with van der Waals surface area (Å²) in [5, 5.41) is 4.18. The fraction of sp³-hybridized carbons (Fsp3) is 0.714. The van der Waals surface area contributed by atoms with Crippen molar-refractivity contribution in [1.29, 1.82) is 0 Å². The maximum Gasteiger partial charge on any atom is 0.225 e. The largest absolute Gasteiger partial charge is 0.373 e. The van der Waals surface area contributed by atoms with Gasteiger partial charge in [-0.1, -0.05) is 0 Å². The lowest BCUT2D eigenvalue weighted by Crippen LogP contribution is -2.48. The van der Waals surface area contributed by atoms with Gasteiger partial charge in [-0.2, -0.15) is 5.10 Å². The number of amides is 1. The van der Waals surface area contributed by atoms with E-state index < -0.39 is 0 Å². The van der Waals surface area contributed by atoms with Crippen LogP contribution in [0.15, 0.2) is 18.5 Å². The molecule has 0 radical (unpaired) electrons. The van der Waals surface area contributed by atoms with Gasteiger partial charge in [-0.3, -0.25) is 9.48 Å². The van der Waals surface area contributed by atoms with Gasteiger partial charge < -0.3 is 15.4 Å². The monoisotopic (exact) mass is 350 g/mol. The third-order valence-corrected chi connectivity index (χ3v) is 4.22. The number of rotatable bonds is 3. The lowest BCUT2D eigenvalue weighted by Gasteiger charge is -2.34. The molecular formula is C14H24Cl2N4O2. The minimum absolute atomic E-state index is 0. The van der Waals surface area contributed by atoms with Gasteiger partial charge in [0, 0.05) is 37.4 Å². The van der Waals surface area contributed by atoms with Gasteiger partial charge in [0.2, 0.25) is 5.91 Å². The lowest BCUT2D eigenvalue weighted by molar-refractivity contribution is -0.143. The van der Waals surface area contributed by atoms with Crippen molar-refractivity contribution in [1.82, 2.24) is 14.7 Å². The van der Waals surface area contributed by atoms with Crippen LogP contribution in [-0.4, -0.2) is 52.4 Å². The van der Waals surface area contributed by atoms with Crippen LogP contribution < -0.4 is 5.73 Å². The first kappa shape index (κ1) is 19.2. The zero-order chi connectivity index (χ0) is 13.9. The van der Waals surface area contributed by atoms with E-state index in [0.29, 0.717) is 26.2 Å². The fourth-order valence-corrected chi connectivity index (χ4v) is 3.15. The summed E-state index contributed by atoms with van der Waals surface area (Å²) < 4.78 is 7.59. The molecule has 0 spiro atoms. The Morgan fingerprint density at radius 2 is 2.18 bits per heavy atom. The van der Waals surface area contributed by atoms with Crippen LogP contribution in [0.3, 0.4) is 0 Å². The van der Waals surface area contributed by atoms with Crippen molar-refractivity contribution in [2.45, 2.75) is 38.0 Å². The lowest BCUT2D eigenvalue weighted by atomic mass is 10.1. The van der Waals surface area contributed by atoms with Crippen molar-refractivity contribution in [3.63, 3.8) is 0 Å². The van der Waals surface area contributed by atoms with Crippen LogP contribution in [0.1, 0.15) is 19.3 Å². The van der Waals surface area contributed by atoms with Gasteiger partial charge in [-0.15, -0.1) is 24.8 Å². The first-order chi connectivity index (χ1) is 9.72. The number of ether oxygens (including phenoxy) is 1.